The number of anilines is 1. The number of hydrogen-bond acceptors (Lipinski definition) is 6. The lowest BCUT2D eigenvalue weighted by molar-refractivity contribution is -0.140. The van der Waals surface area contributed by atoms with Gasteiger partial charge in [-0.1, -0.05) is 72.3 Å². The molecule has 10 heteroatoms. The molecule has 0 bridgehead atoms. The van der Waals surface area contributed by atoms with Gasteiger partial charge < -0.3 is 19.7 Å². The van der Waals surface area contributed by atoms with Crippen LogP contribution >= 0.6 is 0 Å². The molecule has 4 aromatic rings. The van der Waals surface area contributed by atoms with E-state index in [1.54, 1.807) is 61.7 Å². The molecule has 0 radical (unpaired) electrons. The number of methoxy groups -OCH3 is 2. The van der Waals surface area contributed by atoms with E-state index >= 15 is 0 Å². The molecule has 47 heavy (non-hydrogen) atoms. The Morgan fingerprint density at radius 1 is 0.809 bits per heavy atom. The van der Waals surface area contributed by atoms with E-state index in [-0.39, 0.29) is 35.2 Å². The number of sulfonamides is 1. The van der Waals surface area contributed by atoms with Gasteiger partial charge in [0.2, 0.25) is 11.8 Å². The quantitative estimate of drug-likeness (QED) is 0.196. The average Bonchev–Trinajstić information content (AvgIpc) is 3.05. The molecule has 1 N–H and O–H groups in total. The van der Waals surface area contributed by atoms with E-state index in [2.05, 4.69) is 5.32 Å². The summed E-state index contributed by atoms with van der Waals surface area (Å²) in [6.45, 7) is 6.91. The van der Waals surface area contributed by atoms with Crippen LogP contribution in [0.3, 0.4) is 0 Å². The van der Waals surface area contributed by atoms with Gasteiger partial charge in [0.15, 0.2) is 0 Å². The molecule has 4 rings (SSSR count). The van der Waals surface area contributed by atoms with Crippen molar-refractivity contribution >= 4 is 27.5 Å². The molecule has 0 aliphatic rings. The van der Waals surface area contributed by atoms with Gasteiger partial charge in [-0.2, -0.15) is 0 Å². The molecule has 0 heterocycles. The topological polar surface area (TPSA) is 105 Å². The molecule has 0 spiro atoms. The van der Waals surface area contributed by atoms with Crippen molar-refractivity contribution in [3.05, 3.63) is 120 Å². The van der Waals surface area contributed by atoms with Gasteiger partial charge in [-0.05, 0) is 75.2 Å². The average molecular weight is 658 g/mol. The predicted octanol–water partition coefficient (Wildman–Crippen LogP) is 5.76. The second-order valence-electron chi connectivity index (χ2n) is 12.3. The minimum absolute atomic E-state index is 0.0208. The molecular formula is C37H43N3O6S. The van der Waals surface area contributed by atoms with Gasteiger partial charge in [-0.15, -0.1) is 0 Å². The van der Waals surface area contributed by atoms with E-state index in [4.69, 9.17) is 9.47 Å². The number of nitrogens with zero attached hydrogens (tertiary/aromatic N) is 2. The summed E-state index contributed by atoms with van der Waals surface area (Å²) in [7, 11) is -1.27. The fourth-order valence-electron chi connectivity index (χ4n) is 5.16. The lowest BCUT2D eigenvalue weighted by atomic mass is 10.0. The minimum atomic E-state index is -4.26. The SMILES string of the molecule is COc1cccc(CN(C(=O)CN(c2ccccc2OC)S(=O)(=O)c2ccc(C)cc2)[C@H](Cc2ccccc2)C(=O)NC(C)(C)C)c1. The standard InChI is InChI=1S/C37H43N3O6S/c1-27-19-21-31(22-20-27)47(43,44)40(32-17-10-11-18-34(32)46-6)26-35(41)39(25-29-15-12-16-30(23-29)45-5)33(36(42)38-37(2,3)4)24-28-13-8-7-9-14-28/h7-23,33H,24-26H2,1-6H3,(H,38,42)/t33-/m1/s1. The van der Waals surface area contributed by atoms with Crippen molar-refractivity contribution in [1.82, 2.24) is 10.2 Å². The maximum Gasteiger partial charge on any atom is 0.264 e. The number of rotatable bonds is 13. The largest absolute Gasteiger partial charge is 0.497 e. The summed E-state index contributed by atoms with van der Waals surface area (Å²) in [6, 6.07) is 28.8. The highest BCUT2D eigenvalue weighted by Crippen LogP contribution is 2.33. The Labute approximate surface area is 278 Å². The number of carbonyl (C=O) groups excluding carboxylic acids is 2. The molecule has 1 atom stereocenters. The summed E-state index contributed by atoms with van der Waals surface area (Å²) in [5.74, 6) is -0.0601. The Morgan fingerprint density at radius 3 is 2.09 bits per heavy atom. The second-order valence-corrected chi connectivity index (χ2v) is 14.2. The number of para-hydroxylation sites is 2. The molecule has 248 valence electrons. The molecule has 0 fully saturated rings. The minimum Gasteiger partial charge on any atom is -0.497 e. The highest BCUT2D eigenvalue weighted by Gasteiger charge is 2.36. The van der Waals surface area contributed by atoms with Crippen LogP contribution in [0.2, 0.25) is 0 Å². The van der Waals surface area contributed by atoms with E-state index in [0.717, 1.165) is 15.4 Å². The van der Waals surface area contributed by atoms with Gasteiger partial charge in [0, 0.05) is 18.5 Å². The number of amides is 2. The van der Waals surface area contributed by atoms with E-state index in [1.165, 1.54) is 24.1 Å². The third-order valence-electron chi connectivity index (χ3n) is 7.50. The van der Waals surface area contributed by atoms with Gasteiger partial charge in [0.25, 0.3) is 10.0 Å². The monoisotopic (exact) mass is 657 g/mol. The first-order valence-corrected chi connectivity index (χ1v) is 16.8. The Balaban J connectivity index is 1.85. The van der Waals surface area contributed by atoms with Crippen LogP contribution in [0.25, 0.3) is 0 Å². The van der Waals surface area contributed by atoms with Crippen molar-refractivity contribution in [1.29, 1.82) is 0 Å². The number of aryl methyl sites for hydroxylation is 1. The fraction of sp³-hybridized carbons (Fsp3) is 0.297. The Hall–Kier alpha value is -4.83. The molecule has 2 amide bonds. The molecule has 0 aliphatic heterocycles. The van der Waals surface area contributed by atoms with Gasteiger partial charge in [0.05, 0.1) is 24.8 Å². The molecule has 0 saturated heterocycles. The van der Waals surface area contributed by atoms with Crippen LogP contribution in [-0.2, 0) is 32.6 Å². The highest BCUT2D eigenvalue weighted by molar-refractivity contribution is 7.92. The van der Waals surface area contributed by atoms with Crippen molar-refractivity contribution in [2.24, 2.45) is 0 Å². The van der Waals surface area contributed by atoms with Gasteiger partial charge in [0.1, 0.15) is 24.1 Å². The number of ether oxygens (including phenoxy) is 2. The molecule has 4 aromatic carbocycles. The lowest BCUT2D eigenvalue weighted by Gasteiger charge is -2.35. The zero-order valence-corrected chi connectivity index (χ0v) is 28.6. The van der Waals surface area contributed by atoms with Gasteiger partial charge in [-0.25, -0.2) is 8.42 Å². The van der Waals surface area contributed by atoms with Crippen LogP contribution < -0.4 is 19.1 Å². The summed E-state index contributed by atoms with van der Waals surface area (Å²) in [6.07, 6.45) is 0.206. The van der Waals surface area contributed by atoms with Crippen LogP contribution in [0.4, 0.5) is 5.69 Å². The zero-order valence-electron chi connectivity index (χ0n) is 27.8. The summed E-state index contributed by atoms with van der Waals surface area (Å²) in [5, 5.41) is 3.04. The molecule has 9 nitrogen and oxygen atoms in total. The van der Waals surface area contributed by atoms with Crippen LogP contribution in [0.1, 0.15) is 37.5 Å². The smallest absolute Gasteiger partial charge is 0.264 e. The lowest BCUT2D eigenvalue weighted by Crippen LogP contribution is -2.56. The van der Waals surface area contributed by atoms with Crippen LogP contribution in [0, 0.1) is 6.92 Å². The molecule has 0 aliphatic carbocycles. The predicted molar refractivity (Wildman–Crippen MR) is 184 cm³/mol. The summed E-state index contributed by atoms with van der Waals surface area (Å²) in [5.41, 5.74) is 2.06. The van der Waals surface area contributed by atoms with Crippen LogP contribution in [0.15, 0.2) is 108 Å². The third kappa shape index (κ3) is 9.13. The summed E-state index contributed by atoms with van der Waals surface area (Å²) < 4.78 is 40.6. The maximum absolute atomic E-state index is 14.7. The zero-order chi connectivity index (χ0) is 34.2. The van der Waals surface area contributed by atoms with Crippen molar-refractivity contribution in [3.63, 3.8) is 0 Å². The summed E-state index contributed by atoms with van der Waals surface area (Å²) >= 11 is 0. The van der Waals surface area contributed by atoms with E-state index in [9.17, 15) is 18.0 Å². The van der Waals surface area contributed by atoms with Gasteiger partial charge >= 0.3 is 0 Å². The third-order valence-corrected chi connectivity index (χ3v) is 9.27. The van der Waals surface area contributed by atoms with Gasteiger partial charge in [-0.3, -0.25) is 13.9 Å². The number of carbonyl (C=O) groups is 2. The number of benzene rings is 4. The van der Waals surface area contributed by atoms with E-state index in [1.807, 2.05) is 64.1 Å². The number of nitrogens with one attached hydrogen (secondary N) is 1. The Morgan fingerprint density at radius 2 is 1.45 bits per heavy atom. The van der Waals surface area contributed by atoms with Crippen molar-refractivity contribution < 1.29 is 27.5 Å². The highest BCUT2D eigenvalue weighted by atomic mass is 32.2. The van der Waals surface area contributed by atoms with E-state index < -0.39 is 34.1 Å². The molecule has 0 saturated carbocycles. The molecule has 0 unspecified atom stereocenters. The molecular weight excluding hydrogens is 614 g/mol. The first-order chi connectivity index (χ1) is 22.3. The Bertz CT molecular complexity index is 1770. The van der Waals surface area contributed by atoms with Crippen LogP contribution in [-0.4, -0.2) is 57.5 Å². The summed E-state index contributed by atoms with van der Waals surface area (Å²) in [4.78, 5) is 30.2. The number of hydrogen-bond donors (Lipinski definition) is 1. The van der Waals surface area contributed by atoms with Crippen molar-refractivity contribution in [2.45, 2.75) is 57.1 Å². The first-order valence-electron chi connectivity index (χ1n) is 15.3. The van der Waals surface area contributed by atoms with Crippen molar-refractivity contribution in [3.8, 4) is 11.5 Å². The van der Waals surface area contributed by atoms with Crippen LogP contribution in [0.5, 0.6) is 11.5 Å². The molecule has 0 aromatic heterocycles. The fourth-order valence-corrected chi connectivity index (χ4v) is 6.59. The maximum atomic E-state index is 14.7. The van der Waals surface area contributed by atoms with Crippen molar-refractivity contribution in [2.75, 3.05) is 25.1 Å². The Kier molecular flexibility index (Phi) is 11.3. The normalized spacial score (nSPS) is 12.1. The first kappa shape index (κ1) is 35.0. The van der Waals surface area contributed by atoms with E-state index in [0.29, 0.717) is 11.3 Å². The second kappa shape index (κ2) is 15.2.